The number of rotatable bonds is 6. The van der Waals surface area contributed by atoms with Crippen molar-refractivity contribution in [2.75, 3.05) is 23.7 Å². The van der Waals surface area contributed by atoms with Crippen molar-refractivity contribution in [1.29, 1.82) is 0 Å². The molecule has 0 saturated carbocycles. The van der Waals surface area contributed by atoms with Crippen molar-refractivity contribution >= 4 is 17.1 Å². The van der Waals surface area contributed by atoms with Crippen molar-refractivity contribution in [3.05, 3.63) is 41.0 Å². The van der Waals surface area contributed by atoms with Crippen LogP contribution >= 0.6 is 0 Å². The quantitative estimate of drug-likeness (QED) is 0.356. The molecule has 1 rings (SSSR count). The third-order valence-corrected chi connectivity index (χ3v) is 2.42. The van der Waals surface area contributed by atoms with Gasteiger partial charge in [-0.1, -0.05) is 13.0 Å². The molecule has 0 amide bonds. The minimum Gasteiger partial charge on any atom is -0.393 e. The molecule has 1 aromatic rings. The Labute approximate surface area is 101 Å². The van der Waals surface area contributed by atoms with Crippen molar-refractivity contribution in [2.24, 2.45) is 0 Å². The summed E-state index contributed by atoms with van der Waals surface area (Å²) in [5.41, 5.74) is 6.68. The molecule has 0 aliphatic rings. The molecule has 5 heteroatoms. The monoisotopic (exact) mass is 235 g/mol. The number of hydrogen-bond donors (Lipinski definition) is 1. The first-order chi connectivity index (χ1) is 8.10. The molecule has 2 N–H and O–H groups in total. The lowest BCUT2D eigenvalue weighted by Gasteiger charge is -2.22. The molecule has 0 unspecified atom stereocenters. The van der Waals surface area contributed by atoms with E-state index >= 15 is 0 Å². The Morgan fingerprint density at radius 3 is 2.76 bits per heavy atom. The third-order valence-electron chi connectivity index (χ3n) is 2.42. The van der Waals surface area contributed by atoms with Gasteiger partial charge in [0.05, 0.1) is 4.92 Å². The zero-order chi connectivity index (χ0) is 12.8. The molecule has 5 nitrogen and oxygen atoms in total. The van der Waals surface area contributed by atoms with Crippen molar-refractivity contribution in [3.8, 4) is 0 Å². The van der Waals surface area contributed by atoms with Crippen LogP contribution in [0, 0.1) is 10.1 Å². The van der Waals surface area contributed by atoms with Gasteiger partial charge in [0.15, 0.2) is 0 Å². The normalized spacial score (nSPS) is 9.94. The van der Waals surface area contributed by atoms with Gasteiger partial charge in [-0.05, 0) is 18.6 Å². The van der Waals surface area contributed by atoms with E-state index in [9.17, 15) is 10.1 Å². The number of nitrogens with zero attached hydrogens (tertiary/aromatic N) is 2. The van der Waals surface area contributed by atoms with E-state index in [1.54, 1.807) is 18.2 Å². The second-order valence-corrected chi connectivity index (χ2v) is 3.73. The summed E-state index contributed by atoms with van der Waals surface area (Å²) in [5, 5.41) is 10.7. The van der Waals surface area contributed by atoms with E-state index in [1.165, 1.54) is 6.07 Å². The first-order valence-electron chi connectivity index (χ1n) is 5.50. The van der Waals surface area contributed by atoms with Crippen LogP contribution < -0.4 is 10.6 Å². The van der Waals surface area contributed by atoms with Crippen molar-refractivity contribution < 1.29 is 4.92 Å². The van der Waals surface area contributed by atoms with Crippen LogP contribution in [0.25, 0.3) is 0 Å². The summed E-state index contributed by atoms with van der Waals surface area (Å²) in [6.45, 7) is 7.33. The van der Waals surface area contributed by atoms with Crippen LogP contribution in [-0.2, 0) is 0 Å². The van der Waals surface area contributed by atoms with Gasteiger partial charge in [-0.15, -0.1) is 6.58 Å². The van der Waals surface area contributed by atoms with Gasteiger partial charge < -0.3 is 10.6 Å². The lowest BCUT2D eigenvalue weighted by Crippen LogP contribution is -2.24. The van der Waals surface area contributed by atoms with E-state index in [2.05, 4.69) is 18.4 Å². The van der Waals surface area contributed by atoms with Gasteiger partial charge in [-0.25, -0.2) is 0 Å². The predicted octanol–water partition coefficient (Wildman–Crippen LogP) is 2.58. The highest BCUT2D eigenvalue weighted by Gasteiger charge is 2.13. The molecule has 1 aromatic carbocycles. The fourth-order valence-corrected chi connectivity index (χ4v) is 1.66. The van der Waals surface area contributed by atoms with E-state index in [1.807, 2.05) is 0 Å². The van der Waals surface area contributed by atoms with E-state index in [-0.39, 0.29) is 11.4 Å². The maximum atomic E-state index is 10.7. The number of benzene rings is 1. The first-order valence-corrected chi connectivity index (χ1v) is 5.50. The second-order valence-electron chi connectivity index (χ2n) is 3.73. The number of hydrogen-bond acceptors (Lipinski definition) is 4. The van der Waals surface area contributed by atoms with Crippen LogP contribution in [0.4, 0.5) is 17.1 Å². The fourth-order valence-electron chi connectivity index (χ4n) is 1.66. The van der Waals surface area contributed by atoms with Gasteiger partial charge in [0, 0.05) is 24.8 Å². The summed E-state index contributed by atoms with van der Waals surface area (Å²) in [4.78, 5) is 12.3. The number of anilines is 2. The maximum Gasteiger partial charge on any atom is 0.292 e. The van der Waals surface area contributed by atoms with Crippen LogP contribution in [0.1, 0.15) is 13.3 Å². The standard InChI is InChI=1S/C12H17N3O2/c1-3-7-14(8-4-2)10-5-6-12(15(16)17)11(13)9-10/h3,5-6,9H,1,4,7-8,13H2,2H3. The smallest absolute Gasteiger partial charge is 0.292 e. The Balaban J connectivity index is 3.01. The van der Waals surface area contributed by atoms with Gasteiger partial charge in [0.2, 0.25) is 0 Å². The summed E-state index contributed by atoms with van der Waals surface area (Å²) in [5.74, 6) is 0. The topological polar surface area (TPSA) is 72.4 Å². The molecule has 0 aliphatic carbocycles. The van der Waals surface area contributed by atoms with Crippen molar-refractivity contribution in [1.82, 2.24) is 0 Å². The minimum absolute atomic E-state index is 0.0520. The van der Waals surface area contributed by atoms with Crippen LogP contribution in [0.5, 0.6) is 0 Å². The molecule has 17 heavy (non-hydrogen) atoms. The summed E-state index contributed by atoms with van der Waals surface area (Å²) in [6, 6.07) is 4.79. The maximum absolute atomic E-state index is 10.7. The molecule has 92 valence electrons. The van der Waals surface area contributed by atoms with Gasteiger partial charge in [0.1, 0.15) is 5.69 Å². The number of nitrogen functional groups attached to an aromatic ring is 1. The second kappa shape index (κ2) is 5.89. The van der Waals surface area contributed by atoms with E-state index in [0.717, 1.165) is 18.7 Å². The Bertz CT molecular complexity index is 418. The Kier molecular flexibility index (Phi) is 4.51. The first kappa shape index (κ1) is 13.0. The van der Waals surface area contributed by atoms with Gasteiger partial charge in [-0.2, -0.15) is 0 Å². The summed E-state index contributed by atoms with van der Waals surface area (Å²) in [6.07, 6.45) is 2.79. The average Bonchev–Trinajstić information content (AvgIpc) is 2.28. The number of nitrogens with two attached hydrogens (primary N) is 1. The fraction of sp³-hybridized carbons (Fsp3) is 0.333. The third kappa shape index (κ3) is 3.21. The molecule has 0 spiro atoms. The molecular formula is C12H17N3O2. The van der Waals surface area contributed by atoms with E-state index in [0.29, 0.717) is 6.54 Å². The van der Waals surface area contributed by atoms with Crippen LogP contribution in [0.2, 0.25) is 0 Å². The molecular weight excluding hydrogens is 218 g/mol. The molecule has 0 bridgehead atoms. The van der Waals surface area contributed by atoms with Crippen molar-refractivity contribution in [2.45, 2.75) is 13.3 Å². The highest BCUT2D eigenvalue weighted by molar-refractivity contribution is 5.66. The highest BCUT2D eigenvalue weighted by atomic mass is 16.6. The lowest BCUT2D eigenvalue weighted by molar-refractivity contribution is -0.383. The minimum atomic E-state index is -0.475. The molecule has 0 radical (unpaired) electrons. The summed E-state index contributed by atoms with van der Waals surface area (Å²) in [7, 11) is 0. The zero-order valence-electron chi connectivity index (χ0n) is 9.93. The van der Waals surface area contributed by atoms with Crippen LogP contribution in [-0.4, -0.2) is 18.0 Å². The molecule has 0 aliphatic heterocycles. The predicted molar refractivity (Wildman–Crippen MR) is 70.2 cm³/mol. The average molecular weight is 235 g/mol. The molecule has 0 atom stereocenters. The lowest BCUT2D eigenvalue weighted by atomic mass is 10.2. The van der Waals surface area contributed by atoms with Crippen LogP contribution in [0.15, 0.2) is 30.9 Å². The number of nitro groups is 1. The van der Waals surface area contributed by atoms with E-state index < -0.39 is 4.92 Å². The van der Waals surface area contributed by atoms with Crippen molar-refractivity contribution in [3.63, 3.8) is 0 Å². The number of nitro benzene ring substituents is 1. The largest absolute Gasteiger partial charge is 0.393 e. The van der Waals surface area contributed by atoms with Gasteiger partial charge in [-0.3, -0.25) is 10.1 Å². The zero-order valence-corrected chi connectivity index (χ0v) is 9.93. The SMILES string of the molecule is C=CCN(CCC)c1ccc([N+](=O)[O-])c(N)c1. The molecule has 0 saturated heterocycles. The summed E-state index contributed by atoms with van der Waals surface area (Å²) >= 11 is 0. The Hall–Kier alpha value is -2.04. The van der Waals surface area contributed by atoms with Gasteiger partial charge >= 0.3 is 0 Å². The molecule has 0 aromatic heterocycles. The Morgan fingerprint density at radius 1 is 1.59 bits per heavy atom. The highest BCUT2D eigenvalue weighted by Crippen LogP contribution is 2.26. The van der Waals surface area contributed by atoms with E-state index in [4.69, 9.17) is 5.73 Å². The van der Waals surface area contributed by atoms with Crippen LogP contribution in [0.3, 0.4) is 0 Å². The Morgan fingerprint density at radius 2 is 2.29 bits per heavy atom. The molecule has 0 fully saturated rings. The molecule has 0 heterocycles. The van der Waals surface area contributed by atoms with Gasteiger partial charge in [0.25, 0.3) is 5.69 Å². The summed E-state index contributed by atoms with van der Waals surface area (Å²) < 4.78 is 0.